The molecule has 2 saturated carbocycles. The maximum absolute atomic E-state index is 2.38. The second-order valence-corrected chi connectivity index (χ2v) is 35.9. The van der Waals surface area contributed by atoms with Crippen LogP contribution in [0.2, 0.25) is 0 Å². The normalized spacial score (nSPS) is 18.4. The highest BCUT2D eigenvalue weighted by atomic mass is 14.5. The smallest absolute Gasteiger partial charge is 0.0257 e. The van der Waals surface area contributed by atoms with Gasteiger partial charge in [0, 0.05) is 0 Å². The highest BCUT2D eigenvalue weighted by Gasteiger charge is 2.42. The van der Waals surface area contributed by atoms with Crippen molar-refractivity contribution >= 4 is 0 Å². The predicted molar refractivity (Wildman–Crippen MR) is 348 cm³/mol. The van der Waals surface area contributed by atoms with Crippen LogP contribution in [0.1, 0.15) is 362 Å². The van der Waals surface area contributed by atoms with Gasteiger partial charge in [0.05, 0.1) is 0 Å². The molecule has 1 unspecified atom stereocenters. The number of rotatable bonds is 5. The first-order chi connectivity index (χ1) is 31.6. The molecule has 0 saturated heterocycles. The summed E-state index contributed by atoms with van der Waals surface area (Å²) in [5.41, 5.74) is 4.73. The molecule has 0 aromatic heterocycles. The fourth-order valence-corrected chi connectivity index (χ4v) is 8.05. The number of hydrogen-bond acceptors (Lipinski definition) is 0. The molecule has 2 rings (SSSR count). The fraction of sp³-hybridized carbons (Fsp3) is 1.00. The Bertz CT molecular complexity index is 1210. The second-order valence-electron chi connectivity index (χ2n) is 35.9. The van der Waals surface area contributed by atoms with Crippen molar-refractivity contribution in [2.75, 3.05) is 0 Å². The van der Waals surface area contributed by atoms with E-state index in [1.54, 1.807) is 0 Å². The third kappa shape index (κ3) is 37.5. The summed E-state index contributed by atoms with van der Waals surface area (Å²) >= 11 is 0. The van der Waals surface area contributed by atoms with Crippen molar-refractivity contribution < 1.29 is 0 Å². The molecule has 0 nitrogen and oxygen atoms in total. The van der Waals surface area contributed by atoms with Crippen LogP contribution in [0.5, 0.6) is 0 Å². The first kappa shape index (κ1) is 84.3. The molecular formula is C73H158. The Morgan fingerprint density at radius 3 is 0.671 bits per heavy atom. The Balaban J connectivity index is -0.000000176. The first-order valence-electron chi connectivity index (χ1n) is 31.6. The van der Waals surface area contributed by atoms with E-state index in [1.807, 2.05) is 0 Å². The van der Waals surface area contributed by atoms with Gasteiger partial charge in [-0.3, -0.25) is 0 Å². The van der Waals surface area contributed by atoms with E-state index in [9.17, 15) is 0 Å². The van der Waals surface area contributed by atoms with E-state index in [0.717, 1.165) is 53.3 Å². The van der Waals surface area contributed by atoms with Crippen LogP contribution >= 0.6 is 0 Å². The maximum Gasteiger partial charge on any atom is -0.0257 e. The average Bonchev–Trinajstić information content (AvgIpc) is 3.17. The Morgan fingerprint density at radius 1 is 0.329 bits per heavy atom. The van der Waals surface area contributed by atoms with Crippen molar-refractivity contribution in [1.82, 2.24) is 0 Å². The van der Waals surface area contributed by atoms with Gasteiger partial charge in [0.15, 0.2) is 0 Å². The van der Waals surface area contributed by atoms with Crippen LogP contribution in [0, 0.1) is 113 Å². The van der Waals surface area contributed by atoms with Crippen LogP contribution < -0.4 is 0 Å². The van der Waals surface area contributed by atoms with Gasteiger partial charge in [-0.1, -0.05) is 362 Å². The quantitative estimate of drug-likeness (QED) is 0.257. The van der Waals surface area contributed by atoms with Crippen LogP contribution in [-0.4, -0.2) is 0 Å². The zero-order valence-corrected chi connectivity index (χ0v) is 60.8. The molecule has 2 aliphatic rings. The average molecular weight is 1040 g/mol. The second kappa shape index (κ2) is 34.2. The molecule has 0 amide bonds. The van der Waals surface area contributed by atoms with Crippen molar-refractivity contribution in [2.24, 2.45) is 113 Å². The van der Waals surface area contributed by atoms with Crippen LogP contribution in [0.25, 0.3) is 0 Å². The summed E-state index contributed by atoms with van der Waals surface area (Å²) in [5, 5.41) is 0. The molecule has 0 aromatic rings. The first-order valence-corrected chi connectivity index (χ1v) is 31.6. The summed E-state index contributed by atoms with van der Waals surface area (Å²) in [5.74, 6) is 7.82. The topological polar surface area (TPSA) is 0 Å². The lowest BCUT2D eigenvalue weighted by molar-refractivity contribution is 0.00575. The summed E-state index contributed by atoms with van der Waals surface area (Å²) in [6.07, 6.45) is 14.8. The molecule has 0 radical (unpaired) electrons. The Hall–Kier alpha value is 0. The summed E-state index contributed by atoms with van der Waals surface area (Å²) in [4.78, 5) is 0. The molecule has 0 aliphatic heterocycles. The fourth-order valence-electron chi connectivity index (χ4n) is 8.05. The summed E-state index contributed by atoms with van der Waals surface area (Å²) in [7, 11) is 0. The highest BCUT2D eigenvalue weighted by molar-refractivity contribution is 4.91. The van der Waals surface area contributed by atoms with Gasteiger partial charge in [-0.2, -0.15) is 0 Å². The van der Waals surface area contributed by atoms with Gasteiger partial charge in [0.2, 0.25) is 0 Å². The summed E-state index contributed by atoms with van der Waals surface area (Å²) in [6, 6.07) is 0. The van der Waals surface area contributed by atoms with E-state index >= 15 is 0 Å². The molecule has 73 heavy (non-hydrogen) atoms. The van der Waals surface area contributed by atoms with Gasteiger partial charge in [-0.25, -0.2) is 0 Å². The largest absolute Gasteiger partial charge is 0.0651 e. The van der Waals surface area contributed by atoms with E-state index in [1.165, 1.54) is 64.2 Å². The Kier molecular flexibility index (Phi) is 39.5. The van der Waals surface area contributed by atoms with Crippen LogP contribution in [0.3, 0.4) is 0 Å². The van der Waals surface area contributed by atoms with E-state index < -0.39 is 0 Å². The standard InChI is InChI=1S/C11H24.2C10H22.2C9H20.2C8H16.C8H18/c1-9(2,3)11(7,8)10(4,5)6;1-8(9(2,3)4)10(5,6)7;1-8(2)10(6,7)9(3,4)5;1-7(2)8(3)9(4,5)6;1-7(2)9(5,6)8(3)4;1-7-5-3-4-6-8(7)2;1-2-8-6-4-3-5-7-8;1-7(2,3)8(4,5)6/h1-8H3;2*8H,1-7H3;2*7-8H,1-6H3;7-8H,3-6H2,1-2H3;8H,2-7H2,1H3;1-6H3/t;;;8-;;7-,8?;;/m...1.1../s1. The van der Waals surface area contributed by atoms with Gasteiger partial charge in [-0.05, 0) is 113 Å². The van der Waals surface area contributed by atoms with Crippen molar-refractivity contribution in [3.63, 3.8) is 0 Å². The predicted octanol–water partition coefficient (Wildman–Crippen LogP) is 27.1. The van der Waals surface area contributed by atoms with Crippen molar-refractivity contribution in [3.8, 4) is 0 Å². The third-order valence-electron chi connectivity index (χ3n) is 22.2. The van der Waals surface area contributed by atoms with Crippen LogP contribution in [0.4, 0.5) is 0 Å². The molecule has 2 fully saturated rings. The van der Waals surface area contributed by atoms with E-state index in [2.05, 4.69) is 298 Å². The number of hydrogen-bond donors (Lipinski definition) is 0. The maximum atomic E-state index is 2.38. The zero-order valence-electron chi connectivity index (χ0n) is 60.8. The molecule has 0 bridgehead atoms. The molecular weight excluding hydrogens is 877 g/mol. The lowest BCUT2D eigenvalue weighted by Gasteiger charge is -2.49. The molecule has 0 heteroatoms. The van der Waals surface area contributed by atoms with E-state index in [0.29, 0.717) is 59.6 Å². The lowest BCUT2D eigenvalue weighted by Crippen LogP contribution is -2.41. The minimum atomic E-state index is 0.375. The minimum Gasteiger partial charge on any atom is -0.0651 e. The Morgan fingerprint density at radius 2 is 0.603 bits per heavy atom. The van der Waals surface area contributed by atoms with Gasteiger partial charge in [0.25, 0.3) is 0 Å². The zero-order chi connectivity index (χ0) is 60.8. The van der Waals surface area contributed by atoms with Crippen LogP contribution in [-0.2, 0) is 0 Å². The molecule has 3 atom stereocenters. The van der Waals surface area contributed by atoms with Gasteiger partial charge in [0.1, 0.15) is 0 Å². The van der Waals surface area contributed by atoms with E-state index in [-0.39, 0.29) is 0 Å². The molecule has 0 N–H and O–H groups in total. The lowest BCUT2D eigenvalue weighted by atomic mass is 9.56. The molecule has 0 aromatic carbocycles. The third-order valence-corrected chi connectivity index (χ3v) is 22.2. The van der Waals surface area contributed by atoms with Gasteiger partial charge >= 0.3 is 0 Å². The highest BCUT2D eigenvalue weighted by Crippen LogP contribution is 2.50. The van der Waals surface area contributed by atoms with Crippen LogP contribution in [0.15, 0.2) is 0 Å². The van der Waals surface area contributed by atoms with Crippen molar-refractivity contribution in [1.29, 1.82) is 0 Å². The summed E-state index contributed by atoms with van der Waals surface area (Å²) in [6.45, 7) is 99.4. The SMILES string of the molecule is CC(C(C)(C)C)C(C)(C)C.CC(C)(C)C(C)(C)C.CC(C)(C)C(C)(C)C(C)(C)C.CC(C)C(C)(C)C(C)(C)C.CC(C)C(C)(C)C(C)C.CC(C)[C@@H](C)C(C)(C)C.CC1CCCC[C@H]1C.CCC1CCCCC1. The molecule has 0 spiro atoms. The summed E-state index contributed by atoms with van der Waals surface area (Å²) < 4.78 is 0. The molecule has 2 aliphatic carbocycles. The van der Waals surface area contributed by atoms with Crippen molar-refractivity contribution in [2.45, 2.75) is 362 Å². The molecule has 450 valence electrons. The minimum absolute atomic E-state index is 0.375. The van der Waals surface area contributed by atoms with E-state index in [4.69, 9.17) is 0 Å². The van der Waals surface area contributed by atoms with Gasteiger partial charge in [-0.15, -0.1) is 0 Å². The molecule has 0 heterocycles. The monoisotopic (exact) mass is 1040 g/mol. The van der Waals surface area contributed by atoms with Gasteiger partial charge < -0.3 is 0 Å². The van der Waals surface area contributed by atoms with Crippen molar-refractivity contribution in [3.05, 3.63) is 0 Å². The Labute approximate surface area is 472 Å².